The predicted octanol–water partition coefficient (Wildman–Crippen LogP) is 3.79. The fourth-order valence-electron chi connectivity index (χ4n) is 2.81. The van der Waals surface area contributed by atoms with Gasteiger partial charge in [-0.1, -0.05) is 15.9 Å². The lowest BCUT2D eigenvalue weighted by Crippen LogP contribution is -2.16. The minimum Gasteiger partial charge on any atom is -0.306 e. The maximum atomic E-state index is 13.2. The first-order valence-corrected chi connectivity index (χ1v) is 10.1. The van der Waals surface area contributed by atoms with Gasteiger partial charge in [-0.2, -0.15) is 5.10 Å². The van der Waals surface area contributed by atoms with E-state index >= 15 is 0 Å². The summed E-state index contributed by atoms with van der Waals surface area (Å²) >= 11 is 3.34. The molecule has 0 saturated heterocycles. The number of anilines is 1. The summed E-state index contributed by atoms with van der Waals surface area (Å²) in [5.41, 5.74) is 2.57. The Morgan fingerprint density at radius 2 is 1.81 bits per heavy atom. The van der Waals surface area contributed by atoms with Crippen LogP contribution in [0.4, 0.5) is 10.2 Å². The number of fused-ring (bicyclic) bond motifs is 1. The molecule has 0 fully saturated rings. The Labute approximate surface area is 159 Å². The average Bonchev–Trinajstić information content (AvgIpc) is 3.13. The van der Waals surface area contributed by atoms with Crippen molar-refractivity contribution in [1.82, 2.24) is 9.78 Å². The summed E-state index contributed by atoms with van der Waals surface area (Å²) < 4.78 is 27.6. The summed E-state index contributed by atoms with van der Waals surface area (Å²) in [6, 6.07) is 12.8. The first-order valence-electron chi connectivity index (χ1n) is 7.80. The number of carbonyl (C=O) groups excluding carboxylic acids is 1. The molecule has 1 aliphatic rings. The van der Waals surface area contributed by atoms with Crippen LogP contribution in [0.5, 0.6) is 0 Å². The van der Waals surface area contributed by atoms with Gasteiger partial charge in [0.2, 0.25) is 0 Å². The van der Waals surface area contributed by atoms with Crippen LogP contribution >= 0.6 is 15.9 Å². The highest BCUT2D eigenvalue weighted by molar-refractivity contribution is 9.10. The lowest BCUT2D eigenvalue weighted by molar-refractivity contribution is 0.102. The first-order chi connectivity index (χ1) is 12.5. The summed E-state index contributed by atoms with van der Waals surface area (Å²) in [7, 11) is -1.02. The van der Waals surface area contributed by atoms with Gasteiger partial charge in [0.25, 0.3) is 5.91 Å². The molecule has 2 aromatic carbocycles. The zero-order chi connectivity index (χ0) is 18.3. The van der Waals surface area contributed by atoms with Crippen LogP contribution in [0.2, 0.25) is 0 Å². The molecule has 0 unspecified atom stereocenters. The monoisotopic (exact) mass is 433 g/mol. The molecule has 2 heterocycles. The summed E-state index contributed by atoms with van der Waals surface area (Å²) in [5.74, 6) is 0.526. The van der Waals surface area contributed by atoms with E-state index in [2.05, 4.69) is 26.3 Å². The summed E-state index contributed by atoms with van der Waals surface area (Å²) in [5, 5.41) is 7.36. The van der Waals surface area contributed by atoms with Gasteiger partial charge in [0.15, 0.2) is 0 Å². The molecule has 0 bridgehead atoms. The zero-order valence-corrected chi connectivity index (χ0v) is 15.8. The lowest BCUT2D eigenvalue weighted by Gasteiger charge is -2.11. The van der Waals surface area contributed by atoms with Crippen molar-refractivity contribution in [3.63, 3.8) is 0 Å². The van der Waals surface area contributed by atoms with Crippen molar-refractivity contribution in [2.45, 2.75) is 11.5 Å². The highest BCUT2D eigenvalue weighted by Crippen LogP contribution is 2.31. The van der Waals surface area contributed by atoms with Crippen LogP contribution in [0.15, 0.2) is 53.0 Å². The molecule has 5 nitrogen and oxygen atoms in total. The molecule has 0 saturated carbocycles. The molecule has 1 atom stereocenters. The number of nitrogens with one attached hydrogen (secondary N) is 1. The van der Waals surface area contributed by atoms with Gasteiger partial charge < -0.3 is 5.32 Å². The van der Waals surface area contributed by atoms with E-state index in [9.17, 15) is 13.4 Å². The molecule has 132 valence electrons. The highest BCUT2D eigenvalue weighted by atomic mass is 79.9. The van der Waals surface area contributed by atoms with Crippen molar-refractivity contribution >= 4 is 38.5 Å². The van der Waals surface area contributed by atoms with Crippen molar-refractivity contribution in [2.24, 2.45) is 0 Å². The number of nitrogens with zero attached hydrogens (tertiary/aromatic N) is 2. The van der Waals surface area contributed by atoms with Gasteiger partial charge in [-0.15, -0.1) is 0 Å². The summed E-state index contributed by atoms with van der Waals surface area (Å²) in [4.78, 5) is 12.6. The molecule has 0 radical (unpaired) electrons. The van der Waals surface area contributed by atoms with Gasteiger partial charge in [-0.3, -0.25) is 9.00 Å². The van der Waals surface area contributed by atoms with Crippen LogP contribution in [-0.4, -0.2) is 19.9 Å². The van der Waals surface area contributed by atoms with Crippen LogP contribution < -0.4 is 5.32 Å². The molecule has 0 spiro atoms. The van der Waals surface area contributed by atoms with E-state index in [0.717, 1.165) is 10.0 Å². The molecule has 1 amide bonds. The van der Waals surface area contributed by atoms with Crippen molar-refractivity contribution in [2.75, 3.05) is 5.32 Å². The van der Waals surface area contributed by atoms with E-state index in [4.69, 9.17) is 0 Å². The molecule has 1 aromatic heterocycles. The lowest BCUT2D eigenvalue weighted by atomic mass is 10.2. The molecule has 0 aliphatic carbocycles. The van der Waals surface area contributed by atoms with E-state index in [0.29, 0.717) is 34.3 Å². The largest absolute Gasteiger partial charge is 0.306 e. The van der Waals surface area contributed by atoms with Crippen LogP contribution in [0, 0.1) is 5.82 Å². The number of aromatic nitrogens is 2. The van der Waals surface area contributed by atoms with Crippen molar-refractivity contribution in [3.8, 4) is 5.69 Å². The third-order valence-electron chi connectivity index (χ3n) is 4.08. The maximum absolute atomic E-state index is 13.2. The van der Waals surface area contributed by atoms with Crippen molar-refractivity contribution < 1.29 is 13.4 Å². The molecular weight excluding hydrogens is 421 g/mol. The van der Waals surface area contributed by atoms with Gasteiger partial charge in [0.05, 0.1) is 22.9 Å². The zero-order valence-electron chi connectivity index (χ0n) is 13.4. The minimum atomic E-state index is -1.02. The third kappa shape index (κ3) is 3.22. The van der Waals surface area contributed by atoms with E-state index in [1.807, 2.05) is 0 Å². The number of hydrogen-bond acceptors (Lipinski definition) is 3. The van der Waals surface area contributed by atoms with Crippen molar-refractivity contribution in [1.29, 1.82) is 0 Å². The SMILES string of the molecule is O=C(Nc1c2c(nn1-c1ccc(F)cc1)C[S@@](=O)C2)c1ccc(Br)cc1. The van der Waals surface area contributed by atoms with E-state index in [1.165, 1.54) is 12.1 Å². The standard InChI is InChI=1S/C18H13BrFN3O2S/c19-12-3-1-11(2-4-12)18(24)21-17-15-9-26(25)10-16(15)22-23(17)14-7-5-13(20)6-8-14/h1-8H,9-10H2,(H,21,24)/t26-/m0/s1. The van der Waals surface area contributed by atoms with Gasteiger partial charge >= 0.3 is 0 Å². The second kappa shape index (κ2) is 6.77. The Morgan fingerprint density at radius 1 is 1.12 bits per heavy atom. The summed E-state index contributed by atoms with van der Waals surface area (Å²) in [6.45, 7) is 0. The smallest absolute Gasteiger partial charge is 0.256 e. The molecule has 1 N–H and O–H groups in total. The Kier molecular flexibility index (Phi) is 4.46. The fourth-order valence-corrected chi connectivity index (χ4v) is 4.33. The Hall–Kier alpha value is -2.32. The Bertz CT molecular complexity index is 1020. The third-order valence-corrected chi connectivity index (χ3v) is 5.81. The van der Waals surface area contributed by atoms with Gasteiger partial charge in [-0.25, -0.2) is 9.07 Å². The Morgan fingerprint density at radius 3 is 2.50 bits per heavy atom. The van der Waals surface area contributed by atoms with E-state index in [-0.39, 0.29) is 11.7 Å². The molecular formula is C18H13BrFN3O2S. The second-order valence-corrected chi connectivity index (χ2v) is 8.22. The molecule has 3 aromatic rings. The maximum Gasteiger partial charge on any atom is 0.256 e. The number of hydrogen-bond donors (Lipinski definition) is 1. The second-order valence-electron chi connectivity index (χ2n) is 5.85. The normalized spacial score (nSPS) is 15.7. The average molecular weight is 434 g/mol. The molecule has 4 rings (SSSR count). The predicted molar refractivity (Wildman–Crippen MR) is 101 cm³/mol. The first kappa shape index (κ1) is 17.1. The van der Waals surface area contributed by atoms with E-state index < -0.39 is 10.8 Å². The minimum absolute atomic E-state index is 0.291. The fraction of sp³-hybridized carbons (Fsp3) is 0.111. The molecule has 1 aliphatic heterocycles. The number of carbonyl (C=O) groups is 1. The quantitative estimate of drug-likeness (QED) is 0.683. The van der Waals surface area contributed by atoms with Crippen LogP contribution in [-0.2, 0) is 22.3 Å². The van der Waals surface area contributed by atoms with Gasteiger partial charge in [-0.05, 0) is 48.5 Å². The van der Waals surface area contributed by atoms with Crippen molar-refractivity contribution in [3.05, 3.63) is 75.6 Å². The van der Waals surface area contributed by atoms with Gasteiger partial charge in [0.1, 0.15) is 11.6 Å². The highest BCUT2D eigenvalue weighted by Gasteiger charge is 2.28. The summed E-state index contributed by atoms with van der Waals surface area (Å²) in [6.07, 6.45) is 0. The van der Waals surface area contributed by atoms with E-state index in [1.54, 1.807) is 41.1 Å². The molecule has 26 heavy (non-hydrogen) atoms. The number of amides is 1. The number of rotatable bonds is 3. The Balaban J connectivity index is 1.74. The van der Waals surface area contributed by atoms with Crippen LogP contribution in [0.1, 0.15) is 21.6 Å². The van der Waals surface area contributed by atoms with Crippen LogP contribution in [0.25, 0.3) is 5.69 Å². The topological polar surface area (TPSA) is 64.0 Å². The van der Waals surface area contributed by atoms with Gasteiger partial charge in [0, 0.05) is 26.4 Å². The molecule has 8 heteroatoms. The number of halogens is 2. The van der Waals surface area contributed by atoms with Crippen LogP contribution in [0.3, 0.4) is 0 Å². The number of benzene rings is 2.